The standard InChI is InChI=1S/C15H21N3O3/c1-10-9-11(6-7-13(10)20-3)14-17-15(21-18-14)12(16)5-4-8-19-2/h6-7,9,12H,4-5,8,16H2,1-3H3. The third kappa shape index (κ3) is 3.80. The van der Waals surface area contributed by atoms with E-state index in [1.54, 1.807) is 14.2 Å². The second-order valence-electron chi connectivity index (χ2n) is 4.88. The van der Waals surface area contributed by atoms with Gasteiger partial charge < -0.3 is 19.7 Å². The number of hydrogen-bond donors (Lipinski definition) is 1. The second kappa shape index (κ2) is 7.19. The molecule has 0 bridgehead atoms. The highest BCUT2D eigenvalue weighted by molar-refractivity contribution is 5.58. The highest BCUT2D eigenvalue weighted by atomic mass is 16.5. The van der Waals surface area contributed by atoms with E-state index in [1.807, 2.05) is 25.1 Å². The van der Waals surface area contributed by atoms with Crippen molar-refractivity contribution in [2.45, 2.75) is 25.8 Å². The lowest BCUT2D eigenvalue weighted by atomic mass is 10.1. The number of benzene rings is 1. The van der Waals surface area contributed by atoms with Crippen molar-refractivity contribution in [3.8, 4) is 17.1 Å². The molecule has 1 aromatic carbocycles. The molecule has 0 radical (unpaired) electrons. The summed E-state index contributed by atoms with van der Waals surface area (Å²) in [5, 5.41) is 3.99. The van der Waals surface area contributed by atoms with Gasteiger partial charge in [0.25, 0.3) is 0 Å². The molecule has 1 heterocycles. The van der Waals surface area contributed by atoms with E-state index >= 15 is 0 Å². The Morgan fingerprint density at radius 2 is 2.14 bits per heavy atom. The van der Waals surface area contributed by atoms with Crippen molar-refractivity contribution in [3.63, 3.8) is 0 Å². The Balaban J connectivity index is 2.10. The maximum atomic E-state index is 6.03. The zero-order valence-electron chi connectivity index (χ0n) is 12.6. The maximum Gasteiger partial charge on any atom is 0.243 e. The van der Waals surface area contributed by atoms with Crippen molar-refractivity contribution >= 4 is 0 Å². The number of rotatable bonds is 7. The first-order valence-corrected chi connectivity index (χ1v) is 6.89. The number of hydrogen-bond acceptors (Lipinski definition) is 6. The van der Waals surface area contributed by atoms with Gasteiger partial charge in [0.1, 0.15) is 5.75 Å². The molecule has 0 aliphatic rings. The van der Waals surface area contributed by atoms with Gasteiger partial charge in [-0.1, -0.05) is 5.16 Å². The van der Waals surface area contributed by atoms with Crippen LogP contribution in [0, 0.1) is 6.92 Å². The monoisotopic (exact) mass is 291 g/mol. The summed E-state index contributed by atoms with van der Waals surface area (Å²) in [4.78, 5) is 4.37. The molecule has 0 aliphatic heterocycles. The topological polar surface area (TPSA) is 83.4 Å². The second-order valence-corrected chi connectivity index (χ2v) is 4.88. The summed E-state index contributed by atoms with van der Waals surface area (Å²) >= 11 is 0. The quantitative estimate of drug-likeness (QED) is 0.789. The predicted octanol–water partition coefficient (Wildman–Crippen LogP) is 2.48. The molecule has 6 nitrogen and oxygen atoms in total. The van der Waals surface area contributed by atoms with Gasteiger partial charge in [-0.05, 0) is 43.5 Å². The van der Waals surface area contributed by atoms with Crippen LogP contribution in [0.1, 0.15) is 30.3 Å². The minimum Gasteiger partial charge on any atom is -0.496 e. The molecule has 0 amide bonds. The number of nitrogens with two attached hydrogens (primary N) is 1. The predicted molar refractivity (Wildman–Crippen MR) is 79.1 cm³/mol. The van der Waals surface area contributed by atoms with Crippen molar-refractivity contribution in [1.82, 2.24) is 10.1 Å². The molecule has 0 spiro atoms. The zero-order chi connectivity index (χ0) is 15.2. The lowest BCUT2D eigenvalue weighted by Gasteiger charge is -2.05. The smallest absolute Gasteiger partial charge is 0.243 e. The first-order valence-electron chi connectivity index (χ1n) is 6.89. The molecule has 0 saturated heterocycles. The summed E-state index contributed by atoms with van der Waals surface area (Å²) < 4.78 is 15.5. The Labute approximate surface area is 124 Å². The summed E-state index contributed by atoms with van der Waals surface area (Å²) in [5.74, 6) is 1.83. The van der Waals surface area contributed by atoms with E-state index in [0.717, 1.165) is 29.7 Å². The van der Waals surface area contributed by atoms with E-state index < -0.39 is 0 Å². The number of ether oxygens (including phenoxy) is 2. The fraction of sp³-hybridized carbons (Fsp3) is 0.467. The number of methoxy groups -OCH3 is 2. The summed E-state index contributed by atoms with van der Waals surface area (Å²) in [5.41, 5.74) is 7.93. The van der Waals surface area contributed by atoms with Gasteiger partial charge in [-0.2, -0.15) is 4.98 Å². The zero-order valence-corrected chi connectivity index (χ0v) is 12.6. The molecule has 2 N–H and O–H groups in total. The molecule has 1 unspecified atom stereocenters. The average molecular weight is 291 g/mol. The summed E-state index contributed by atoms with van der Waals surface area (Å²) in [6, 6.07) is 5.49. The lowest BCUT2D eigenvalue weighted by Crippen LogP contribution is -2.11. The molecular formula is C15H21N3O3. The van der Waals surface area contributed by atoms with E-state index in [4.69, 9.17) is 19.7 Å². The van der Waals surface area contributed by atoms with Gasteiger partial charge in [0, 0.05) is 19.3 Å². The van der Waals surface area contributed by atoms with Gasteiger partial charge >= 0.3 is 0 Å². The minimum absolute atomic E-state index is 0.263. The van der Waals surface area contributed by atoms with Crippen molar-refractivity contribution in [2.24, 2.45) is 5.73 Å². The summed E-state index contributed by atoms with van der Waals surface area (Å²) in [6.45, 7) is 2.65. The SMILES string of the molecule is COCCCC(N)c1nc(-c2ccc(OC)c(C)c2)no1. The number of aryl methyl sites for hydroxylation is 1. The van der Waals surface area contributed by atoms with Gasteiger partial charge in [0.15, 0.2) is 0 Å². The van der Waals surface area contributed by atoms with E-state index in [2.05, 4.69) is 10.1 Å². The third-order valence-electron chi connectivity index (χ3n) is 3.28. The molecule has 0 aliphatic carbocycles. The highest BCUT2D eigenvalue weighted by Crippen LogP contribution is 2.25. The van der Waals surface area contributed by atoms with Crippen LogP contribution >= 0.6 is 0 Å². The van der Waals surface area contributed by atoms with Gasteiger partial charge in [-0.15, -0.1) is 0 Å². The summed E-state index contributed by atoms with van der Waals surface area (Å²) in [7, 11) is 3.32. The van der Waals surface area contributed by atoms with Crippen LogP contribution in [0.5, 0.6) is 5.75 Å². The fourth-order valence-electron chi connectivity index (χ4n) is 2.09. The van der Waals surface area contributed by atoms with Crippen LogP contribution in [0.2, 0.25) is 0 Å². The summed E-state index contributed by atoms with van der Waals surface area (Å²) in [6.07, 6.45) is 1.61. The Bertz CT molecular complexity index is 583. The van der Waals surface area contributed by atoms with E-state index in [1.165, 1.54) is 0 Å². The van der Waals surface area contributed by atoms with Gasteiger partial charge in [0.05, 0.1) is 13.2 Å². The van der Waals surface area contributed by atoms with E-state index in [-0.39, 0.29) is 6.04 Å². The van der Waals surface area contributed by atoms with Crippen LogP contribution in [0.4, 0.5) is 0 Å². The Hall–Kier alpha value is -1.92. The van der Waals surface area contributed by atoms with Gasteiger partial charge in [-0.3, -0.25) is 0 Å². The van der Waals surface area contributed by atoms with E-state index in [9.17, 15) is 0 Å². The van der Waals surface area contributed by atoms with Crippen LogP contribution in [-0.4, -0.2) is 31.0 Å². The van der Waals surface area contributed by atoms with Crippen LogP contribution < -0.4 is 10.5 Å². The van der Waals surface area contributed by atoms with Crippen LogP contribution in [-0.2, 0) is 4.74 Å². The molecule has 2 aromatic rings. The minimum atomic E-state index is -0.263. The Kier molecular flexibility index (Phi) is 5.30. The molecule has 0 fully saturated rings. The van der Waals surface area contributed by atoms with Gasteiger partial charge in [-0.25, -0.2) is 0 Å². The molecule has 1 aromatic heterocycles. The van der Waals surface area contributed by atoms with Crippen LogP contribution in [0.3, 0.4) is 0 Å². The average Bonchev–Trinajstić information content (AvgIpc) is 2.97. The Morgan fingerprint density at radius 3 is 2.81 bits per heavy atom. The van der Waals surface area contributed by atoms with Crippen LogP contribution in [0.25, 0.3) is 11.4 Å². The van der Waals surface area contributed by atoms with Crippen molar-refractivity contribution in [1.29, 1.82) is 0 Å². The molecule has 1 atom stereocenters. The van der Waals surface area contributed by atoms with Crippen molar-refractivity contribution in [3.05, 3.63) is 29.7 Å². The number of aromatic nitrogens is 2. The fourth-order valence-corrected chi connectivity index (χ4v) is 2.09. The maximum absolute atomic E-state index is 6.03. The molecule has 2 rings (SSSR count). The first kappa shape index (κ1) is 15.5. The lowest BCUT2D eigenvalue weighted by molar-refractivity contribution is 0.188. The molecule has 0 saturated carbocycles. The Morgan fingerprint density at radius 1 is 1.33 bits per heavy atom. The van der Waals surface area contributed by atoms with Crippen molar-refractivity contribution in [2.75, 3.05) is 20.8 Å². The van der Waals surface area contributed by atoms with Gasteiger partial charge in [0.2, 0.25) is 11.7 Å². The largest absolute Gasteiger partial charge is 0.496 e. The normalized spacial score (nSPS) is 12.4. The van der Waals surface area contributed by atoms with Crippen LogP contribution in [0.15, 0.2) is 22.7 Å². The highest BCUT2D eigenvalue weighted by Gasteiger charge is 2.16. The van der Waals surface area contributed by atoms with Crippen molar-refractivity contribution < 1.29 is 14.0 Å². The number of nitrogens with zero attached hydrogens (tertiary/aromatic N) is 2. The third-order valence-corrected chi connectivity index (χ3v) is 3.28. The molecular weight excluding hydrogens is 270 g/mol. The van der Waals surface area contributed by atoms with E-state index in [0.29, 0.717) is 18.3 Å². The molecule has 114 valence electrons. The molecule has 6 heteroatoms. The molecule has 21 heavy (non-hydrogen) atoms. The first-order chi connectivity index (χ1) is 10.2.